The summed E-state index contributed by atoms with van der Waals surface area (Å²) < 4.78 is 0. The normalized spacial score (nSPS) is 14.8. The standard InChI is InChI=1S/C24H29N3O2S/c1-3-4-15-26(2)16-14-25-23(28)18-27-20-12-8-9-13-21(20)30-22(24(27)29)17-19-10-6-5-7-11-19/h5-13,17H,3-4,14-16,18H2,1-2H3,(H,25,28). The van der Waals surface area contributed by atoms with Crippen LogP contribution in [0.25, 0.3) is 6.08 Å². The Balaban J connectivity index is 1.69. The van der Waals surface area contributed by atoms with Gasteiger partial charge >= 0.3 is 0 Å². The third kappa shape index (κ3) is 5.97. The van der Waals surface area contributed by atoms with E-state index in [0.29, 0.717) is 11.4 Å². The molecule has 3 rings (SSSR count). The van der Waals surface area contributed by atoms with Crippen molar-refractivity contribution < 1.29 is 9.59 Å². The Kier molecular flexibility index (Phi) is 8.11. The number of nitrogens with zero attached hydrogens (tertiary/aromatic N) is 2. The summed E-state index contributed by atoms with van der Waals surface area (Å²) in [6.45, 7) is 4.58. The molecule has 2 aromatic carbocycles. The van der Waals surface area contributed by atoms with Crippen molar-refractivity contribution >= 4 is 35.3 Å². The Hall–Kier alpha value is -2.57. The molecule has 30 heavy (non-hydrogen) atoms. The molecule has 1 aliphatic heterocycles. The molecule has 6 heteroatoms. The van der Waals surface area contributed by atoms with Crippen LogP contribution in [0.15, 0.2) is 64.4 Å². The summed E-state index contributed by atoms with van der Waals surface area (Å²) in [4.78, 5) is 31.1. The van der Waals surface area contributed by atoms with E-state index in [-0.39, 0.29) is 18.4 Å². The van der Waals surface area contributed by atoms with Gasteiger partial charge in [0, 0.05) is 18.0 Å². The highest BCUT2D eigenvalue weighted by Crippen LogP contribution is 2.41. The molecule has 158 valence electrons. The van der Waals surface area contributed by atoms with E-state index in [4.69, 9.17) is 0 Å². The molecular weight excluding hydrogens is 394 g/mol. The van der Waals surface area contributed by atoms with Crippen LogP contribution in [0.4, 0.5) is 5.69 Å². The van der Waals surface area contributed by atoms with Gasteiger partial charge in [0.2, 0.25) is 5.91 Å². The first-order chi connectivity index (χ1) is 14.6. The number of anilines is 1. The number of nitrogens with one attached hydrogen (secondary N) is 1. The first kappa shape index (κ1) is 22.1. The second kappa shape index (κ2) is 11.0. The summed E-state index contributed by atoms with van der Waals surface area (Å²) in [5, 5.41) is 2.95. The first-order valence-corrected chi connectivity index (χ1v) is 11.2. The Morgan fingerprint density at radius 1 is 1.10 bits per heavy atom. The van der Waals surface area contributed by atoms with E-state index in [1.54, 1.807) is 4.90 Å². The molecule has 2 amide bonds. The molecule has 0 aliphatic carbocycles. The molecule has 1 aliphatic rings. The maximum absolute atomic E-state index is 13.2. The van der Waals surface area contributed by atoms with Gasteiger partial charge in [-0.3, -0.25) is 14.5 Å². The van der Waals surface area contributed by atoms with Gasteiger partial charge in [-0.1, -0.05) is 67.6 Å². The van der Waals surface area contributed by atoms with Gasteiger partial charge in [0.1, 0.15) is 6.54 Å². The minimum atomic E-state index is -0.145. The molecule has 0 spiro atoms. The van der Waals surface area contributed by atoms with Crippen LogP contribution in [0.5, 0.6) is 0 Å². The van der Waals surface area contributed by atoms with Crippen LogP contribution in [0.3, 0.4) is 0 Å². The number of rotatable bonds is 9. The van der Waals surface area contributed by atoms with Crippen molar-refractivity contribution in [1.82, 2.24) is 10.2 Å². The van der Waals surface area contributed by atoms with E-state index in [2.05, 4.69) is 24.2 Å². The quantitative estimate of drug-likeness (QED) is 0.619. The monoisotopic (exact) mass is 423 g/mol. The fourth-order valence-corrected chi connectivity index (χ4v) is 4.30. The highest BCUT2D eigenvalue weighted by molar-refractivity contribution is 8.04. The summed E-state index contributed by atoms with van der Waals surface area (Å²) in [5.41, 5.74) is 1.75. The average Bonchev–Trinajstić information content (AvgIpc) is 2.76. The lowest BCUT2D eigenvalue weighted by Crippen LogP contribution is -2.44. The summed E-state index contributed by atoms with van der Waals surface area (Å²) in [6, 6.07) is 17.5. The number of hydrogen-bond donors (Lipinski definition) is 1. The lowest BCUT2D eigenvalue weighted by Gasteiger charge is -2.30. The highest BCUT2D eigenvalue weighted by Gasteiger charge is 2.30. The van der Waals surface area contributed by atoms with Crippen LogP contribution in [0, 0.1) is 0 Å². The van der Waals surface area contributed by atoms with E-state index in [1.807, 2.05) is 60.7 Å². The molecule has 0 bridgehead atoms. The largest absolute Gasteiger partial charge is 0.353 e. The molecule has 0 radical (unpaired) electrons. The molecule has 0 fully saturated rings. The zero-order chi connectivity index (χ0) is 21.3. The number of benzene rings is 2. The number of carbonyl (C=O) groups is 2. The van der Waals surface area contributed by atoms with Crippen molar-refractivity contribution in [2.75, 3.05) is 38.1 Å². The fraction of sp³-hybridized carbons (Fsp3) is 0.333. The lowest BCUT2D eigenvalue weighted by atomic mass is 10.2. The predicted molar refractivity (Wildman–Crippen MR) is 124 cm³/mol. The van der Waals surface area contributed by atoms with E-state index in [1.165, 1.54) is 11.8 Å². The van der Waals surface area contributed by atoms with Crippen LogP contribution in [-0.2, 0) is 9.59 Å². The van der Waals surface area contributed by atoms with Crippen LogP contribution < -0.4 is 10.2 Å². The second-order valence-corrected chi connectivity index (χ2v) is 8.47. The summed E-state index contributed by atoms with van der Waals surface area (Å²) in [5.74, 6) is -0.286. The van der Waals surface area contributed by atoms with Gasteiger partial charge in [-0.15, -0.1) is 0 Å². The van der Waals surface area contributed by atoms with Gasteiger partial charge in [-0.25, -0.2) is 0 Å². The van der Waals surface area contributed by atoms with Crippen LogP contribution in [0.1, 0.15) is 25.3 Å². The van der Waals surface area contributed by atoms with E-state index >= 15 is 0 Å². The van der Waals surface area contributed by atoms with Crippen LogP contribution in [0.2, 0.25) is 0 Å². The van der Waals surface area contributed by atoms with Crippen LogP contribution in [-0.4, -0.2) is 49.9 Å². The molecule has 0 saturated heterocycles. The number of likely N-dealkylation sites (N-methyl/N-ethyl adjacent to an activating group) is 1. The minimum absolute atomic E-state index is 0.0151. The third-order valence-corrected chi connectivity index (χ3v) is 6.02. The molecule has 2 aromatic rings. The third-order valence-electron chi connectivity index (χ3n) is 4.94. The first-order valence-electron chi connectivity index (χ1n) is 10.4. The van der Waals surface area contributed by atoms with Crippen molar-refractivity contribution in [2.24, 2.45) is 0 Å². The zero-order valence-corrected chi connectivity index (χ0v) is 18.5. The smallest absolute Gasteiger partial charge is 0.265 e. The van der Waals surface area contributed by atoms with Crippen molar-refractivity contribution in [3.05, 3.63) is 65.1 Å². The predicted octanol–water partition coefficient (Wildman–Crippen LogP) is 4.01. The van der Waals surface area contributed by atoms with E-state index in [0.717, 1.165) is 42.1 Å². The summed E-state index contributed by atoms with van der Waals surface area (Å²) in [6.07, 6.45) is 4.19. The number of fused-ring (bicyclic) bond motifs is 1. The number of para-hydroxylation sites is 1. The maximum Gasteiger partial charge on any atom is 0.265 e. The van der Waals surface area contributed by atoms with Gasteiger partial charge in [0.25, 0.3) is 5.91 Å². The summed E-state index contributed by atoms with van der Waals surface area (Å²) >= 11 is 1.45. The highest BCUT2D eigenvalue weighted by atomic mass is 32.2. The van der Waals surface area contributed by atoms with Crippen molar-refractivity contribution in [2.45, 2.75) is 24.7 Å². The van der Waals surface area contributed by atoms with Crippen LogP contribution >= 0.6 is 11.8 Å². The SMILES string of the molecule is CCCCN(C)CCNC(=O)CN1C(=O)C(=Cc2ccccc2)Sc2ccccc21. The van der Waals surface area contributed by atoms with Gasteiger partial charge in [0.15, 0.2) is 0 Å². The molecule has 1 N–H and O–H groups in total. The molecule has 1 heterocycles. The van der Waals surface area contributed by atoms with Gasteiger partial charge < -0.3 is 10.2 Å². The Morgan fingerprint density at radius 2 is 1.83 bits per heavy atom. The minimum Gasteiger partial charge on any atom is -0.353 e. The molecule has 0 saturated carbocycles. The van der Waals surface area contributed by atoms with Crippen molar-refractivity contribution in [3.63, 3.8) is 0 Å². The number of unbranched alkanes of at least 4 members (excludes halogenated alkanes) is 1. The van der Waals surface area contributed by atoms with Gasteiger partial charge in [-0.2, -0.15) is 0 Å². The lowest BCUT2D eigenvalue weighted by molar-refractivity contribution is -0.122. The number of carbonyl (C=O) groups excluding carboxylic acids is 2. The topological polar surface area (TPSA) is 52.7 Å². The molecular formula is C24H29N3O2S. The maximum atomic E-state index is 13.2. The summed E-state index contributed by atoms with van der Waals surface area (Å²) in [7, 11) is 2.06. The number of hydrogen-bond acceptors (Lipinski definition) is 4. The number of amides is 2. The van der Waals surface area contributed by atoms with Gasteiger partial charge in [0.05, 0.1) is 10.6 Å². The van der Waals surface area contributed by atoms with Gasteiger partial charge in [-0.05, 0) is 43.8 Å². The van der Waals surface area contributed by atoms with E-state index < -0.39 is 0 Å². The molecule has 0 atom stereocenters. The average molecular weight is 424 g/mol. The molecule has 0 aromatic heterocycles. The zero-order valence-electron chi connectivity index (χ0n) is 17.6. The fourth-order valence-electron chi connectivity index (χ4n) is 3.25. The van der Waals surface area contributed by atoms with Crippen molar-refractivity contribution in [3.8, 4) is 0 Å². The Bertz CT molecular complexity index is 898. The molecule has 5 nitrogen and oxygen atoms in total. The Morgan fingerprint density at radius 3 is 2.60 bits per heavy atom. The van der Waals surface area contributed by atoms with E-state index in [9.17, 15) is 9.59 Å². The second-order valence-electron chi connectivity index (χ2n) is 7.39. The number of thioether (sulfide) groups is 1. The molecule has 0 unspecified atom stereocenters. The van der Waals surface area contributed by atoms with Crippen molar-refractivity contribution in [1.29, 1.82) is 0 Å². The Labute approximate surface area is 183 Å².